The zero-order valence-electron chi connectivity index (χ0n) is 22.7. The Labute approximate surface area is 242 Å². The number of carbonyl (C=O) groups excluding carboxylic acids is 6. The minimum absolute atomic E-state index is 0.00138. The lowest BCUT2D eigenvalue weighted by atomic mass is 10.0. The molecule has 236 valence electrons. The topological polar surface area (TPSA) is 193 Å². The highest BCUT2D eigenvalue weighted by Crippen LogP contribution is 2.33. The predicted octanol–water partition coefficient (Wildman–Crippen LogP) is -0.676. The van der Waals surface area contributed by atoms with Gasteiger partial charge in [0.05, 0.1) is 57.3 Å². The number of halogens is 3. The molecule has 0 bridgehead atoms. The van der Waals surface area contributed by atoms with Gasteiger partial charge < -0.3 is 29.5 Å². The van der Waals surface area contributed by atoms with E-state index in [9.17, 15) is 41.9 Å². The third-order valence-electron chi connectivity index (χ3n) is 5.93. The van der Waals surface area contributed by atoms with Crippen molar-refractivity contribution < 1.29 is 65.7 Å². The fraction of sp³-hybridized carbons (Fsp3) is 0.520. The molecule has 0 aliphatic carbocycles. The van der Waals surface area contributed by atoms with E-state index in [4.69, 9.17) is 24.7 Å². The zero-order valence-corrected chi connectivity index (χ0v) is 22.7. The van der Waals surface area contributed by atoms with Gasteiger partial charge in [0.25, 0.3) is 17.7 Å². The summed E-state index contributed by atoms with van der Waals surface area (Å²) in [6, 6.07) is 2.56. The van der Waals surface area contributed by atoms with Gasteiger partial charge in [0, 0.05) is 13.0 Å². The molecule has 18 heteroatoms. The quantitative estimate of drug-likeness (QED) is 0.143. The molecule has 43 heavy (non-hydrogen) atoms. The van der Waals surface area contributed by atoms with Crippen molar-refractivity contribution in [3.05, 3.63) is 29.3 Å². The second kappa shape index (κ2) is 15.4. The first kappa shape index (κ1) is 33.4. The molecule has 3 N–H and O–H groups in total. The van der Waals surface area contributed by atoms with Gasteiger partial charge in [-0.15, -0.1) is 0 Å². The summed E-state index contributed by atoms with van der Waals surface area (Å²) in [6.45, 7) is -0.596. The highest BCUT2D eigenvalue weighted by Gasteiger charge is 2.46. The lowest BCUT2D eigenvalue weighted by molar-refractivity contribution is -0.238. The number of nitrogens with one attached hydrogen (secondary N) is 1. The van der Waals surface area contributed by atoms with Crippen LogP contribution in [0.2, 0.25) is 0 Å². The van der Waals surface area contributed by atoms with Crippen LogP contribution in [-0.4, -0.2) is 117 Å². The Morgan fingerprint density at radius 3 is 2.26 bits per heavy atom. The van der Waals surface area contributed by atoms with Gasteiger partial charge in [0.1, 0.15) is 11.8 Å². The number of carbonyl (C=O) groups is 6. The molecule has 15 nitrogen and oxygen atoms in total. The Balaban J connectivity index is 1.60. The number of ether oxygens (including phenoxy) is 4. The van der Waals surface area contributed by atoms with Crippen LogP contribution >= 0.6 is 0 Å². The van der Waals surface area contributed by atoms with Gasteiger partial charge in [-0.25, -0.2) is 4.79 Å². The van der Waals surface area contributed by atoms with Crippen LogP contribution in [-0.2, 0) is 38.2 Å². The fourth-order valence-corrected chi connectivity index (χ4v) is 3.96. The van der Waals surface area contributed by atoms with E-state index >= 15 is 0 Å². The number of hydrogen-bond donors (Lipinski definition) is 2. The van der Waals surface area contributed by atoms with Crippen LogP contribution < -0.4 is 15.8 Å². The van der Waals surface area contributed by atoms with Gasteiger partial charge >= 0.3 is 12.1 Å². The molecule has 3 rings (SSSR count). The average Bonchev–Trinajstić information content (AvgIpc) is 3.21. The number of hydroxylamine groups is 2. The third-order valence-corrected chi connectivity index (χ3v) is 5.93. The first-order chi connectivity index (χ1) is 20.5. The molecule has 0 aromatic heterocycles. The highest BCUT2D eigenvalue weighted by molar-refractivity contribution is 6.24. The molecule has 0 saturated carbocycles. The molecule has 1 aromatic rings. The maximum Gasteiger partial charge on any atom is 0.493 e. The van der Waals surface area contributed by atoms with Crippen LogP contribution in [0.4, 0.5) is 13.2 Å². The Hall–Kier alpha value is -4.13. The van der Waals surface area contributed by atoms with E-state index in [0.717, 1.165) is 0 Å². The number of benzene rings is 1. The van der Waals surface area contributed by atoms with Crippen molar-refractivity contribution >= 4 is 35.5 Å². The third kappa shape index (κ3) is 8.93. The molecule has 0 spiro atoms. The van der Waals surface area contributed by atoms with Crippen molar-refractivity contribution in [3.8, 4) is 5.75 Å². The number of alkyl halides is 3. The lowest BCUT2D eigenvalue weighted by Gasteiger charge is -2.27. The molecular formula is C25H29F3N4O11. The summed E-state index contributed by atoms with van der Waals surface area (Å²) in [5, 5.41) is 2.15. The minimum atomic E-state index is -5.41. The van der Waals surface area contributed by atoms with Gasteiger partial charge in [0.15, 0.2) is 6.61 Å². The number of amides is 5. The monoisotopic (exact) mass is 618 g/mol. The SMILES string of the molecule is NCCOCCOCCOCCN(OC(=O)C(F)(F)F)C(=O)COc1cccc2c1C(=O)N(C1CCC(=O)NC1=O)C2=O. The van der Waals surface area contributed by atoms with Crippen LogP contribution in [0.5, 0.6) is 5.75 Å². The summed E-state index contributed by atoms with van der Waals surface area (Å²) in [5.74, 6) is -7.36. The number of hydrogen-bond acceptors (Lipinski definition) is 12. The molecule has 2 aliphatic rings. The van der Waals surface area contributed by atoms with Gasteiger partial charge in [-0.3, -0.25) is 34.2 Å². The number of nitrogens with two attached hydrogens (primary N) is 1. The number of piperidine rings is 1. The zero-order chi connectivity index (χ0) is 31.6. The molecule has 1 fully saturated rings. The van der Waals surface area contributed by atoms with Crippen molar-refractivity contribution in [2.24, 2.45) is 5.73 Å². The van der Waals surface area contributed by atoms with E-state index < -0.39 is 60.9 Å². The van der Waals surface area contributed by atoms with Crippen molar-refractivity contribution in [2.45, 2.75) is 25.1 Å². The molecule has 1 aromatic carbocycles. The molecule has 1 atom stereocenters. The van der Waals surface area contributed by atoms with Crippen molar-refractivity contribution in [2.75, 3.05) is 59.3 Å². The van der Waals surface area contributed by atoms with Crippen molar-refractivity contribution in [1.29, 1.82) is 0 Å². The van der Waals surface area contributed by atoms with Gasteiger partial charge in [0.2, 0.25) is 11.8 Å². The summed E-state index contributed by atoms with van der Waals surface area (Å²) in [7, 11) is 0. The fourth-order valence-electron chi connectivity index (χ4n) is 3.96. The Kier molecular flexibility index (Phi) is 11.9. The molecule has 1 saturated heterocycles. The number of fused-ring (bicyclic) bond motifs is 1. The van der Waals surface area contributed by atoms with Gasteiger partial charge in [-0.05, 0) is 18.6 Å². The van der Waals surface area contributed by atoms with Gasteiger partial charge in [-0.2, -0.15) is 18.2 Å². The molecular weight excluding hydrogens is 589 g/mol. The highest BCUT2D eigenvalue weighted by atomic mass is 19.4. The average molecular weight is 619 g/mol. The molecule has 0 radical (unpaired) electrons. The van der Waals surface area contributed by atoms with E-state index in [-0.39, 0.29) is 61.2 Å². The van der Waals surface area contributed by atoms with Crippen LogP contribution in [0, 0.1) is 0 Å². The van der Waals surface area contributed by atoms with E-state index in [0.29, 0.717) is 24.7 Å². The van der Waals surface area contributed by atoms with Gasteiger partial charge in [-0.1, -0.05) is 6.07 Å². The Morgan fingerprint density at radius 1 is 0.977 bits per heavy atom. The molecule has 1 unspecified atom stereocenters. The van der Waals surface area contributed by atoms with Crippen LogP contribution in [0.15, 0.2) is 18.2 Å². The number of nitrogens with zero attached hydrogens (tertiary/aromatic N) is 2. The lowest BCUT2D eigenvalue weighted by Crippen LogP contribution is -2.54. The molecule has 2 aliphatic heterocycles. The second-order valence-electron chi connectivity index (χ2n) is 8.91. The Morgan fingerprint density at radius 2 is 1.63 bits per heavy atom. The summed E-state index contributed by atoms with van der Waals surface area (Å²) >= 11 is 0. The largest absolute Gasteiger partial charge is 0.493 e. The number of imide groups is 2. The van der Waals surface area contributed by atoms with E-state index in [1.807, 2.05) is 0 Å². The van der Waals surface area contributed by atoms with Crippen LogP contribution in [0.25, 0.3) is 0 Å². The van der Waals surface area contributed by atoms with Crippen LogP contribution in [0.1, 0.15) is 33.6 Å². The van der Waals surface area contributed by atoms with Crippen molar-refractivity contribution in [3.63, 3.8) is 0 Å². The summed E-state index contributed by atoms with van der Waals surface area (Å²) in [4.78, 5) is 78.8. The standard InChI is InChI=1S/C25H29F3N4O11/c26-25(27,28)24(38)43-31(7-9-40-11-13-41-12-10-39-8-6-29)19(34)14-42-17-3-1-2-15-20(17)23(37)32(22(15)36)16-4-5-18(33)30-21(16)35/h1-3,16H,4-14,29H2,(H,30,33,35). The maximum atomic E-state index is 13.1. The number of rotatable bonds is 15. The second-order valence-corrected chi connectivity index (χ2v) is 8.91. The smallest absolute Gasteiger partial charge is 0.483 e. The minimum Gasteiger partial charge on any atom is -0.483 e. The normalized spacial score (nSPS) is 16.7. The molecule has 2 heterocycles. The van der Waals surface area contributed by atoms with E-state index in [1.165, 1.54) is 18.2 Å². The molecule has 5 amide bonds. The summed E-state index contributed by atoms with van der Waals surface area (Å²) in [5.41, 5.74) is 4.84. The first-order valence-electron chi connectivity index (χ1n) is 13.0. The predicted molar refractivity (Wildman–Crippen MR) is 134 cm³/mol. The van der Waals surface area contributed by atoms with E-state index in [1.54, 1.807) is 0 Å². The van der Waals surface area contributed by atoms with Crippen molar-refractivity contribution in [1.82, 2.24) is 15.3 Å². The first-order valence-corrected chi connectivity index (χ1v) is 13.0. The summed E-state index contributed by atoms with van der Waals surface area (Å²) in [6.07, 6.45) is -5.61. The van der Waals surface area contributed by atoms with Crippen LogP contribution in [0.3, 0.4) is 0 Å². The van der Waals surface area contributed by atoms with E-state index in [2.05, 4.69) is 10.2 Å². The maximum absolute atomic E-state index is 13.1. The Bertz CT molecular complexity index is 1230. The summed E-state index contributed by atoms with van der Waals surface area (Å²) < 4.78 is 59.3.